The van der Waals surface area contributed by atoms with Crippen LogP contribution in [0.1, 0.15) is 12.5 Å². The third-order valence-corrected chi connectivity index (χ3v) is 2.03. The second-order valence-electron chi connectivity index (χ2n) is 3.32. The quantitative estimate of drug-likeness (QED) is 0.743. The molecule has 0 saturated carbocycles. The van der Waals surface area contributed by atoms with Crippen LogP contribution in [-0.2, 0) is 11.2 Å². The van der Waals surface area contributed by atoms with Crippen LogP contribution in [0.5, 0.6) is 11.5 Å². The first kappa shape index (κ1) is 10.6. The minimum absolute atomic E-state index is 0.0252. The highest BCUT2D eigenvalue weighted by Gasteiger charge is 2.05. The second kappa shape index (κ2) is 4.65. The molecule has 0 saturated heterocycles. The Morgan fingerprint density at radius 3 is 2.79 bits per heavy atom. The molecule has 0 radical (unpaired) electrons. The van der Waals surface area contributed by atoms with Crippen LogP contribution in [0.15, 0.2) is 18.2 Å². The van der Waals surface area contributed by atoms with E-state index >= 15 is 0 Å². The van der Waals surface area contributed by atoms with Gasteiger partial charge in [0.2, 0.25) is 0 Å². The van der Waals surface area contributed by atoms with Gasteiger partial charge in [0.25, 0.3) is 0 Å². The monoisotopic (exact) mass is 194 g/mol. The SMILES string of the molecule is COc1ccc(CC(C)C=O)cc1O. The Morgan fingerprint density at radius 1 is 1.57 bits per heavy atom. The summed E-state index contributed by atoms with van der Waals surface area (Å²) in [5.41, 5.74) is 0.933. The molecular weight excluding hydrogens is 180 g/mol. The van der Waals surface area contributed by atoms with E-state index in [1.54, 1.807) is 12.1 Å². The number of rotatable bonds is 4. The molecule has 3 nitrogen and oxygen atoms in total. The largest absolute Gasteiger partial charge is 0.504 e. The van der Waals surface area contributed by atoms with Crippen molar-refractivity contribution in [2.24, 2.45) is 5.92 Å². The Bertz CT molecular complexity index is 320. The van der Waals surface area contributed by atoms with Gasteiger partial charge in [0, 0.05) is 5.92 Å². The third kappa shape index (κ3) is 2.49. The van der Waals surface area contributed by atoms with Crippen molar-refractivity contribution >= 4 is 6.29 Å². The maximum Gasteiger partial charge on any atom is 0.160 e. The standard InChI is InChI=1S/C11H14O3/c1-8(7-12)5-9-3-4-11(14-2)10(13)6-9/h3-4,6-8,13H,5H2,1-2H3. The fraction of sp³-hybridized carbons (Fsp3) is 0.364. The summed E-state index contributed by atoms with van der Waals surface area (Å²) < 4.78 is 4.91. The normalized spacial score (nSPS) is 12.1. The third-order valence-electron chi connectivity index (χ3n) is 2.03. The van der Waals surface area contributed by atoms with Crippen LogP contribution in [-0.4, -0.2) is 18.5 Å². The molecule has 0 aliphatic carbocycles. The second-order valence-corrected chi connectivity index (χ2v) is 3.32. The lowest BCUT2D eigenvalue weighted by atomic mass is 10.0. The van der Waals surface area contributed by atoms with Crippen molar-refractivity contribution in [1.82, 2.24) is 0 Å². The fourth-order valence-electron chi connectivity index (χ4n) is 1.28. The smallest absolute Gasteiger partial charge is 0.160 e. The number of ether oxygens (including phenoxy) is 1. The lowest BCUT2D eigenvalue weighted by molar-refractivity contribution is -0.110. The Kier molecular flexibility index (Phi) is 3.51. The van der Waals surface area contributed by atoms with E-state index in [0.717, 1.165) is 11.8 Å². The minimum atomic E-state index is -0.0252. The van der Waals surface area contributed by atoms with E-state index in [9.17, 15) is 9.90 Å². The molecule has 1 atom stereocenters. The van der Waals surface area contributed by atoms with Gasteiger partial charge in [0.15, 0.2) is 11.5 Å². The first-order valence-corrected chi connectivity index (χ1v) is 4.48. The average molecular weight is 194 g/mol. The van der Waals surface area contributed by atoms with Gasteiger partial charge in [-0.25, -0.2) is 0 Å². The van der Waals surface area contributed by atoms with Gasteiger partial charge in [-0.1, -0.05) is 13.0 Å². The van der Waals surface area contributed by atoms with Crippen LogP contribution in [0.3, 0.4) is 0 Å². The Labute approximate surface area is 83.3 Å². The highest BCUT2D eigenvalue weighted by atomic mass is 16.5. The molecule has 1 aromatic rings. The number of phenolic OH excluding ortho intramolecular Hbond substituents is 1. The zero-order valence-electron chi connectivity index (χ0n) is 8.36. The molecule has 14 heavy (non-hydrogen) atoms. The van der Waals surface area contributed by atoms with Crippen molar-refractivity contribution in [3.05, 3.63) is 23.8 Å². The van der Waals surface area contributed by atoms with E-state index in [-0.39, 0.29) is 11.7 Å². The van der Waals surface area contributed by atoms with Gasteiger partial charge in [-0.15, -0.1) is 0 Å². The molecule has 0 aromatic heterocycles. The molecule has 1 aromatic carbocycles. The highest BCUT2D eigenvalue weighted by Crippen LogP contribution is 2.26. The Balaban J connectivity index is 2.80. The van der Waals surface area contributed by atoms with Gasteiger partial charge in [0.1, 0.15) is 6.29 Å². The van der Waals surface area contributed by atoms with Gasteiger partial charge in [-0.2, -0.15) is 0 Å². The molecule has 0 spiro atoms. The molecule has 0 aliphatic heterocycles. The number of carbonyl (C=O) groups is 1. The summed E-state index contributed by atoms with van der Waals surface area (Å²) in [6.07, 6.45) is 1.54. The number of aromatic hydroxyl groups is 1. The molecule has 1 unspecified atom stereocenters. The Hall–Kier alpha value is -1.51. The number of phenols is 1. The molecule has 0 amide bonds. The number of hydrogen-bond acceptors (Lipinski definition) is 3. The molecular formula is C11H14O3. The molecule has 1 N–H and O–H groups in total. The Morgan fingerprint density at radius 2 is 2.29 bits per heavy atom. The zero-order chi connectivity index (χ0) is 10.6. The summed E-state index contributed by atoms with van der Waals surface area (Å²) in [5, 5.41) is 9.46. The topological polar surface area (TPSA) is 46.5 Å². The van der Waals surface area contributed by atoms with E-state index in [2.05, 4.69) is 0 Å². The predicted molar refractivity (Wildman–Crippen MR) is 53.6 cm³/mol. The number of benzene rings is 1. The van der Waals surface area contributed by atoms with Crippen LogP contribution in [0, 0.1) is 5.92 Å². The van der Waals surface area contributed by atoms with Gasteiger partial charge < -0.3 is 14.6 Å². The van der Waals surface area contributed by atoms with Gasteiger partial charge in [-0.3, -0.25) is 0 Å². The zero-order valence-corrected chi connectivity index (χ0v) is 8.36. The average Bonchev–Trinajstić information content (AvgIpc) is 2.18. The summed E-state index contributed by atoms with van der Waals surface area (Å²) in [6.45, 7) is 1.84. The predicted octanol–water partition coefficient (Wildman–Crippen LogP) is 1.78. The van der Waals surface area contributed by atoms with E-state index < -0.39 is 0 Å². The van der Waals surface area contributed by atoms with Crippen molar-refractivity contribution in [3.8, 4) is 11.5 Å². The number of aldehydes is 1. The molecule has 0 bridgehead atoms. The minimum Gasteiger partial charge on any atom is -0.504 e. The first-order valence-electron chi connectivity index (χ1n) is 4.48. The van der Waals surface area contributed by atoms with Crippen molar-refractivity contribution in [1.29, 1.82) is 0 Å². The van der Waals surface area contributed by atoms with E-state index in [0.29, 0.717) is 12.2 Å². The van der Waals surface area contributed by atoms with Gasteiger partial charge in [0.05, 0.1) is 7.11 Å². The maximum absolute atomic E-state index is 10.4. The summed E-state index contributed by atoms with van der Waals surface area (Å²) in [6, 6.07) is 5.17. The van der Waals surface area contributed by atoms with Crippen LogP contribution in [0.2, 0.25) is 0 Å². The number of hydrogen-bond donors (Lipinski definition) is 1. The van der Waals surface area contributed by atoms with Crippen molar-refractivity contribution in [2.45, 2.75) is 13.3 Å². The number of carbonyl (C=O) groups excluding carboxylic acids is 1. The summed E-state index contributed by atoms with van der Waals surface area (Å²) in [4.78, 5) is 10.4. The molecule has 0 heterocycles. The van der Waals surface area contributed by atoms with E-state index in [1.807, 2.05) is 13.0 Å². The van der Waals surface area contributed by atoms with Gasteiger partial charge in [-0.05, 0) is 24.1 Å². The molecule has 1 rings (SSSR count). The van der Waals surface area contributed by atoms with Crippen LogP contribution in [0.25, 0.3) is 0 Å². The maximum atomic E-state index is 10.4. The first-order chi connectivity index (χ1) is 6.67. The van der Waals surface area contributed by atoms with Gasteiger partial charge >= 0.3 is 0 Å². The van der Waals surface area contributed by atoms with Crippen LogP contribution < -0.4 is 4.74 Å². The molecule has 0 fully saturated rings. The summed E-state index contributed by atoms with van der Waals surface area (Å²) in [7, 11) is 1.50. The molecule has 3 heteroatoms. The molecule has 0 aliphatic rings. The summed E-state index contributed by atoms with van der Waals surface area (Å²) >= 11 is 0. The van der Waals surface area contributed by atoms with Crippen molar-refractivity contribution < 1.29 is 14.6 Å². The van der Waals surface area contributed by atoms with Crippen LogP contribution in [0.4, 0.5) is 0 Å². The number of methoxy groups -OCH3 is 1. The lowest BCUT2D eigenvalue weighted by Gasteiger charge is -2.07. The highest BCUT2D eigenvalue weighted by molar-refractivity contribution is 5.54. The van der Waals surface area contributed by atoms with E-state index in [1.165, 1.54) is 7.11 Å². The van der Waals surface area contributed by atoms with E-state index in [4.69, 9.17) is 4.74 Å². The van der Waals surface area contributed by atoms with Crippen molar-refractivity contribution in [3.63, 3.8) is 0 Å². The summed E-state index contributed by atoms with van der Waals surface area (Å²) in [5.74, 6) is 0.540. The fourth-order valence-corrected chi connectivity index (χ4v) is 1.28. The molecule has 76 valence electrons. The lowest BCUT2D eigenvalue weighted by Crippen LogP contribution is -2.00. The van der Waals surface area contributed by atoms with Crippen LogP contribution >= 0.6 is 0 Å². The van der Waals surface area contributed by atoms with Crippen molar-refractivity contribution in [2.75, 3.05) is 7.11 Å².